The molecule has 2 rings (SSSR count). The number of carbonyl (C=O) groups excluding carboxylic acids is 2. The van der Waals surface area contributed by atoms with Gasteiger partial charge in [-0.1, -0.05) is 32.0 Å². The molecule has 0 saturated heterocycles. The molecule has 0 aliphatic carbocycles. The maximum Gasteiger partial charge on any atom is 0.242 e. The van der Waals surface area contributed by atoms with Crippen LogP contribution in [0.3, 0.4) is 0 Å². The van der Waals surface area contributed by atoms with Gasteiger partial charge in [-0.2, -0.15) is 0 Å². The van der Waals surface area contributed by atoms with E-state index in [9.17, 15) is 9.59 Å². The van der Waals surface area contributed by atoms with Crippen molar-refractivity contribution in [1.29, 1.82) is 0 Å². The molecule has 7 heteroatoms. The summed E-state index contributed by atoms with van der Waals surface area (Å²) in [7, 11) is 0. The predicted octanol–water partition coefficient (Wildman–Crippen LogP) is 2.86. The number of benzene rings is 1. The highest BCUT2D eigenvalue weighted by molar-refractivity contribution is 5.87. The Morgan fingerprint density at radius 2 is 1.88 bits per heavy atom. The molecule has 6 nitrogen and oxygen atoms in total. The average molecular weight is 382 g/mol. The fourth-order valence-electron chi connectivity index (χ4n) is 2.71. The minimum Gasteiger partial charge on any atom is -0.459 e. The van der Waals surface area contributed by atoms with E-state index in [-0.39, 0.29) is 42.7 Å². The SMILES string of the molecule is CCN(C(=O)CNC(=O)[C@@H](N)C(C)C)C(C)c1cc2ccccc2o1.Cl. The molecule has 2 amide bonds. The van der Waals surface area contributed by atoms with Crippen LogP contribution in [0.15, 0.2) is 34.7 Å². The third kappa shape index (κ3) is 4.99. The molecule has 0 aliphatic rings. The molecule has 1 heterocycles. The first kappa shape index (κ1) is 22.0. The first-order valence-corrected chi connectivity index (χ1v) is 8.66. The van der Waals surface area contributed by atoms with E-state index in [4.69, 9.17) is 10.2 Å². The molecule has 2 aromatic rings. The topological polar surface area (TPSA) is 88.6 Å². The van der Waals surface area contributed by atoms with E-state index in [0.29, 0.717) is 6.54 Å². The second-order valence-electron chi connectivity index (χ2n) is 6.53. The summed E-state index contributed by atoms with van der Waals surface area (Å²) in [5.41, 5.74) is 6.59. The van der Waals surface area contributed by atoms with Crippen LogP contribution >= 0.6 is 12.4 Å². The molecule has 0 aliphatic heterocycles. The molecule has 0 radical (unpaired) electrons. The molecule has 0 saturated carbocycles. The molecule has 0 fully saturated rings. The number of amides is 2. The van der Waals surface area contributed by atoms with Crippen LogP contribution in [0.4, 0.5) is 0 Å². The Balaban J connectivity index is 0.00000338. The smallest absolute Gasteiger partial charge is 0.242 e. The summed E-state index contributed by atoms with van der Waals surface area (Å²) in [4.78, 5) is 26.1. The summed E-state index contributed by atoms with van der Waals surface area (Å²) in [6.07, 6.45) is 0. The maximum atomic E-state index is 12.5. The van der Waals surface area contributed by atoms with Crippen LogP contribution in [0.5, 0.6) is 0 Å². The van der Waals surface area contributed by atoms with Crippen molar-refractivity contribution in [3.63, 3.8) is 0 Å². The van der Waals surface area contributed by atoms with Gasteiger partial charge in [0.15, 0.2) is 0 Å². The van der Waals surface area contributed by atoms with Gasteiger partial charge in [0.05, 0.1) is 18.6 Å². The van der Waals surface area contributed by atoms with Crippen molar-refractivity contribution in [2.75, 3.05) is 13.1 Å². The van der Waals surface area contributed by atoms with Crippen LogP contribution < -0.4 is 11.1 Å². The third-order valence-electron chi connectivity index (χ3n) is 4.42. The van der Waals surface area contributed by atoms with E-state index in [1.54, 1.807) is 4.90 Å². The van der Waals surface area contributed by atoms with Crippen molar-refractivity contribution in [1.82, 2.24) is 10.2 Å². The number of halogens is 1. The molecule has 26 heavy (non-hydrogen) atoms. The van der Waals surface area contributed by atoms with Crippen LogP contribution in [-0.2, 0) is 9.59 Å². The lowest BCUT2D eigenvalue weighted by atomic mass is 10.1. The molecular formula is C19H28ClN3O3. The highest BCUT2D eigenvalue weighted by Gasteiger charge is 2.24. The zero-order valence-corrected chi connectivity index (χ0v) is 16.5. The van der Waals surface area contributed by atoms with Crippen LogP contribution in [0.2, 0.25) is 0 Å². The molecule has 2 atom stereocenters. The first-order chi connectivity index (χ1) is 11.8. The largest absolute Gasteiger partial charge is 0.459 e. The number of para-hydroxylation sites is 1. The summed E-state index contributed by atoms with van der Waals surface area (Å²) >= 11 is 0. The van der Waals surface area contributed by atoms with Gasteiger partial charge in [0.2, 0.25) is 11.8 Å². The number of rotatable bonds is 7. The van der Waals surface area contributed by atoms with Crippen molar-refractivity contribution in [2.24, 2.45) is 11.7 Å². The van der Waals surface area contributed by atoms with Crippen molar-refractivity contribution in [3.8, 4) is 0 Å². The summed E-state index contributed by atoms with van der Waals surface area (Å²) in [6.45, 7) is 8.00. The normalized spacial score (nSPS) is 13.2. The molecular weight excluding hydrogens is 354 g/mol. The number of nitrogens with two attached hydrogens (primary N) is 1. The highest BCUT2D eigenvalue weighted by Crippen LogP contribution is 2.27. The van der Waals surface area contributed by atoms with Gasteiger partial charge in [-0.15, -0.1) is 12.4 Å². The molecule has 144 valence electrons. The van der Waals surface area contributed by atoms with Gasteiger partial charge in [-0.05, 0) is 31.9 Å². The van der Waals surface area contributed by atoms with Gasteiger partial charge in [0, 0.05) is 11.9 Å². The quantitative estimate of drug-likeness (QED) is 0.771. The summed E-state index contributed by atoms with van der Waals surface area (Å²) < 4.78 is 5.86. The summed E-state index contributed by atoms with van der Waals surface area (Å²) in [5.74, 6) is 0.268. The Kier molecular flexibility index (Phi) is 8.11. The Labute approximate surface area is 160 Å². The number of hydrogen-bond acceptors (Lipinski definition) is 4. The number of nitrogens with zero attached hydrogens (tertiary/aromatic N) is 1. The Morgan fingerprint density at radius 3 is 2.46 bits per heavy atom. The Bertz CT molecular complexity index is 711. The lowest BCUT2D eigenvalue weighted by Crippen LogP contribution is -2.48. The zero-order valence-electron chi connectivity index (χ0n) is 15.7. The first-order valence-electron chi connectivity index (χ1n) is 8.66. The van der Waals surface area contributed by atoms with E-state index in [2.05, 4.69) is 5.32 Å². The second-order valence-corrected chi connectivity index (χ2v) is 6.53. The van der Waals surface area contributed by atoms with Crippen LogP contribution in [-0.4, -0.2) is 35.8 Å². The standard InChI is InChI=1S/C19H27N3O3.ClH/c1-5-22(17(23)11-21-19(24)18(20)12(2)3)13(4)16-10-14-8-6-7-9-15(14)25-16;/h6-10,12-13,18H,5,11,20H2,1-4H3,(H,21,24);1H/t13?,18-;/m0./s1. The number of hydrogen-bond donors (Lipinski definition) is 2. The molecule has 1 aromatic carbocycles. The van der Waals surface area contributed by atoms with E-state index in [0.717, 1.165) is 16.7 Å². The second kappa shape index (κ2) is 9.59. The highest BCUT2D eigenvalue weighted by atomic mass is 35.5. The van der Waals surface area contributed by atoms with Crippen molar-refractivity contribution in [2.45, 2.75) is 39.8 Å². The van der Waals surface area contributed by atoms with Crippen LogP contribution in [0.1, 0.15) is 39.5 Å². The number of likely N-dealkylation sites (N-methyl/N-ethyl adjacent to an activating group) is 1. The van der Waals surface area contributed by atoms with E-state index in [1.807, 2.05) is 58.0 Å². The van der Waals surface area contributed by atoms with Gasteiger partial charge in [-0.3, -0.25) is 9.59 Å². The molecule has 0 spiro atoms. The lowest BCUT2D eigenvalue weighted by molar-refractivity contribution is -0.135. The number of nitrogens with one attached hydrogen (secondary N) is 1. The molecule has 1 aromatic heterocycles. The Morgan fingerprint density at radius 1 is 1.23 bits per heavy atom. The summed E-state index contributed by atoms with van der Waals surface area (Å²) in [5, 5.41) is 3.63. The summed E-state index contributed by atoms with van der Waals surface area (Å²) in [6, 6.07) is 8.84. The van der Waals surface area contributed by atoms with E-state index < -0.39 is 6.04 Å². The molecule has 0 bridgehead atoms. The average Bonchev–Trinajstić information content (AvgIpc) is 3.03. The lowest BCUT2D eigenvalue weighted by Gasteiger charge is -2.27. The fourth-order valence-corrected chi connectivity index (χ4v) is 2.71. The number of furan rings is 1. The van der Waals surface area contributed by atoms with Gasteiger partial charge >= 0.3 is 0 Å². The maximum absolute atomic E-state index is 12.5. The fraction of sp³-hybridized carbons (Fsp3) is 0.474. The van der Waals surface area contributed by atoms with Crippen LogP contribution in [0.25, 0.3) is 11.0 Å². The Hall–Kier alpha value is -2.05. The van der Waals surface area contributed by atoms with Gasteiger partial charge in [0.1, 0.15) is 11.3 Å². The minimum atomic E-state index is -0.615. The zero-order chi connectivity index (χ0) is 18.6. The molecule has 1 unspecified atom stereocenters. The van der Waals surface area contributed by atoms with Gasteiger partial charge < -0.3 is 20.4 Å². The van der Waals surface area contributed by atoms with E-state index >= 15 is 0 Å². The van der Waals surface area contributed by atoms with Crippen molar-refractivity contribution in [3.05, 3.63) is 36.1 Å². The van der Waals surface area contributed by atoms with Crippen molar-refractivity contribution < 1.29 is 14.0 Å². The monoisotopic (exact) mass is 381 g/mol. The predicted molar refractivity (Wildman–Crippen MR) is 105 cm³/mol. The van der Waals surface area contributed by atoms with Crippen LogP contribution in [0, 0.1) is 5.92 Å². The van der Waals surface area contributed by atoms with E-state index in [1.165, 1.54) is 0 Å². The van der Waals surface area contributed by atoms with Crippen molar-refractivity contribution >= 4 is 35.2 Å². The molecule has 3 N–H and O–H groups in total. The number of fused-ring (bicyclic) bond motifs is 1. The number of carbonyl (C=O) groups is 2. The minimum absolute atomic E-state index is 0. The van der Waals surface area contributed by atoms with Gasteiger partial charge in [-0.25, -0.2) is 0 Å². The van der Waals surface area contributed by atoms with Gasteiger partial charge in [0.25, 0.3) is 0 Å². The third-order valence-corrected chi connectivity index (χ3v) is 4.42.